The molecule has 1 fully saturated rings. The van der Waals surface area contributed by atoms with Crippen LogP contribution in [0.2, 0.25) is 0 Å². The number of rotatable bonds is 3. The highest BCUT2D eigenvalue weighted by atomic mass is 16.6. The van der Waals surface area contributed by atoms with Crippen molar-refractivity contribution in [2.75, 3.05) is 6.61 Å². The van der Waals surface area contributed by atoms with Gasteiger partial charge in [0.2, 0.25) is 0 Å². The minimum atomic E-state index is -1.44. The average Bonchev–Trinajstić information content (AvgIpc) is 3.04. The first-order valence-corrected chi connectivity index (χ1v) is 6.89. The van der Waals surface area contributed by atoms with Crippen molar-refractivity contribution in [2.45, 2.75) is 30.6 Å². The van der Waals surface area contributed by atoms with Gasteiger partial charge in [-0.3, -0.25) is 0 Å². The molecule has 0 saturated carbocycles. The van der Waals surface area contributed by atoms with Crippen molar-refractivity contribution in [1.29, 1.82) is 0 Å². The van der Waals surface area contributed by atoms with Gasteiger partial charge in [-0.2, -0.15) is 0 Å². The molecule has 4 N–H and O–H groups in total. The Hall–Kier alpha value is -1.84. The first-order chi connectivity index (χ1) is 10.6. The molecule has 1 aromatic carbocycles. The molecule has 1 saturated heterocycles. The molecule has 0 radical (unpaired) electrons. The van der Waals surface area contributed by atoms with Crippen LogP contribution in [0, 0.1) is 0 Å². The Morgan fingerprint density at radius 2 is 1.77 bits per heavy atom. The second kappa shape index (κ2) is 6.11. The highest BCUT2D eigenvalue weighted by Gasteiger charge is 2.44. The van der Waals surface area contributed by atoms with E-state index in [-0.39, 0.29) is 0 Å². The topological polar surface area (TPSA) is 121 Å². The fraction of sp³-hybridized carbons (Fsp3) is 0.429. The standard InChI is InChI=1S/C14H17N3O5/c18-7-10-11(19)12(20)13(21)14(22-10)17-6-9(15-16-17)8-4-2-1-3-5-8/h1-6,10-14,18-21H,7H2/t10-,11-,12+,13-,14?/m1/s1. The van der Waals surface area contributed by atoms with Crippen LogP contribution in [-0.2, 0) is 4.74 Å². The summed E-state index contributed by atoms with van der Waals surface area (Å²) in [5.74, 6) is 0. The van der Waals surface area contributed by atoms with Gasteiger partial charge in [0.05, 0.1) is 12.8 Å². The summed E-state index contributed by atoms with van der Waals surface area (Å²) in [6.07, 6.45) is -4.67. The number of nitrogens with zero attached hydrogens (tertiary/aromatic N) is 3. The van der Waals surface area contributed by atoms with Gasteiger partial charge in [-0.25, -0.2) is 4.68 Å². The van der Waals surface area contributed by atoms with Crippen LogP contribution in [0.4, 0.5) is 0 Å². The molecule has 5 atom stereocenters. The van der Waals surface area contributed by atoms with Crippen molar-refractivity contribution in [3.8, 4) is 11.3 Å². The van der Waals surface area contributed by atoms with Crippen LogP contribution >= 0.6 is 0 Å². The molecule has 0 spiro atoms. The molecule has 1 aromatic heterocycles. The number of aromatic nitrogens is 3. The molecule has 2 heterocycles. The molecular formula is C14H17N3O5. The van der Waals surface area contributed by atoms with Crippen LogP contribution in [0.25, 0.3) is 11.3 Å². The van der Waals surface area contributed by atoms with Gasteiger partial charge in [0.1, 0.15) is 30.1 Å². The molecule has 1 unspecified atom stereocenters. The highest BCUT2D eigenvalue weighted by Crippen LogP contribution is 2.28. The van der Waals surface area contributed by atoms with Crippen molar-refractivity contribution < 1.29 is 25.2 Å². The highest BCUT2D eigenvalue weighted by molar-refractivity contribution is 5.57. The van der Waals surface area contributed by atoms with E-state index in [2.05, 4.69) is 10.3 Å². The third-order valence-electron chi connectivity index (χ3n) is 3.71. The van der Waals surface area contributed by atoms with E-state index in [0.29, 0.717) is 5.69 Å². The van der Waals surface area contributed by atoms with E-state index in [1.807, 2.05) is 30.3 Å². The maximum atomic E-state index is 10.0. The van der Waals surface area contributed by atoms with E-state index in [4.69, 9.17) is 4.74 Å². The lowest BCUT2D eigenvalue weighted by Crippen LogP contribution is -2.56. The maximum absolute atomic E-state index is 10.0. The Morgan fingerprint density at radius 1 is 1.05 bits per heavy atom. The predicted molar refractivity (Wildman–Crippen MR) is 74.5 cm³/mol. The summed E-state index contributed by atoms with van der Waals surface area (Å²) in [5, 5.41) is 46.7. The van der Waals surface area contributed by atoms with E-state index in [1.165, 1.54) is 4.68 Å². The van der Waals surface area contributed by atoms with Gasteiger partial charge >= 0.3 is 0 Å². The van der Waals surface area contributed by atoms with Crippen LogP contribution in [0.5, 0.6) is 0 Å². The molecular weight excluding hydrogens is 290 g/mol. The van der Waals surface area contributed by atoms with Gasteiger partial charge in [0, 0.05) is 5.56 Å². The Labute approximate surface area is 126 Å². The van der Waals surface area contributed by atoms with Crippen LogP contribution in [-0.4, -0.2) is 66.4 Å². The van der Waals surface area contributed by atoms with Crippen molar-refractivity contribution in [3.05, 3.63) is 36.5 Å². The normalized spacial score (nSPS) is 32.1. The van der Waals surface area contributed by atoms with Gasteiger partial charge in [-0.15, -0.1) is 5.10 Å². The molecule has 3 rings (SSSR count). The quantitative estimate of drug-likeness (QED) is 0.569. The Morgan fingerprint density at radius 3 is 2.45 bits per heavy atom. The largest absolute Gasteiger partial charge is 0.394 e. The Kier molecular flexibility index (Phi) is 4.19. The molecule has 8 heteroatoms. The number of aliphatic hydroxyl groups is 4. The van der Waals surface area contributed by atoms with Gasteiger partial charge in [-0.1, -0.05) is 35.5 Å². The Bertz CT molecular complexity index is 618. The number of ether oxygens (including phenoxy) is 1. The number of hydrogen-bond donors (Lipinski definition) is 4. The third-order valence-corrected chi connectivity index (χ3v) is 3.71. The van der Waals surface area contributed by atoms with Gasteiger partial charge in [-0.05, 0) is 0 Å². The van der Waals surface area contributed by atoms with Gasteiger partial charge < -0.3 is 25.2 Å². The van der Waals surface area contributed by atoms with E-state index >= 15 is 0 Å². The van der Waals surface area contributed by atoms with Crippen molar-refractivity contribution in [2.24, 2.45) is 0 Å². The molecule has 118 valence electrons. The van der Waals surface area contributed by atoms with Crippen LogP contribution < -0.4 is 0 Å². The van der Waals surface area contributed by atoms with Crippen LogP contribution in [0.1, 0.15) is 6.23 Å². The monoisotopic (exact) mass is 307 g/mol. The molecule has 0 aliphatic carbocycles. The summed E-state index contributed by atoms with van der Waals surface area (Å²) in [4.78, 5) is 0. The number of hydrogen-bond acceptors (Lipinski definition) is 7. The lowest BCUT2D eigenvalue weighted by molar-refractivity contribution is -0.254. The predicted octanol–water partition coefficient (Wildman–Crippen LogP) is -1.08. The van der Waals surface area contributed by atoms with E-state index < -0.39 is 37.3 Å². The van der Waals surface area contributed by atoms with Crippen LogP contribution in [0.3, 0.4) is 0 Å². The average molecular weight is 307 g/mol. The maximum Gasteiger partial charge on any atom is 0.180 e. The smallest absolute Gasteiger partial charge is 0.180 e. The van der Waals surface area contributed by atoms with E-state index in [9.17, 15) is 20.4 Å². The molecule has 22 heavy (non-hydrogen) atoms. The lowest BCUT2D eigenvalue weighted by atomic mass is 9.98. The van der Waals surface area contributed by atoms with Crippen molar-refractivity contribution in [1.82, 2.24) is 15.0 Å². The molecule has 2 aromatic rings. The van der Waals surface area contributed by atoms with Crippen molar-refractivity contribution in [3.63, 3.8) is 0 Å². The summed E-state index contributed by atoms with van der Waals surface area (Å²) in [5.41, 5.74) is 1.43. The van der Waals surface area contributed by atoms with Crippen LogP contribution in [0.15, 0.2) is 36.5 Å². The molecule has 1 aliphatic rings. The van der Waals surface area contributed by atoms with Gasteiger partial charge in [0.15, 0.2) is 6.23 Å². The second-order valence-corrected chi connectivity index (χ2v) is 5.17. The number of aliphatic hydroxyl groups excluding tert-OH is 4. The zero-order valence-electron chi connectivity index (χ0n) is 11.6. The Balaban J connectivity index is 1.86. The summed E-state index contributed by atoms with van der Waals surface area (Å²) in [6.45, 7) is -0.484. The zero-order chi connectivity index (χ0) is 15.7. The van der Waals surface area contributed by atoms with E-state index in [1.54, 1.807) is 6.20 Å². The minimum absolute atomic E-state index is 0.484. The van der Waals surface area contributed by atoms with E-state index in [0.717, 1.165) is 5.56 Å². The fourth-order valence-corrected chi connectivity index (χ4v) is 2.44. The first kappa shape index (κ1) is 15.1. The molecule has 8 nitrogen and oxygen atoms in total. The third kappa shape index (κ3) is 2.62. The van der Waals surface area contributed by atoms with Crippen molar-refractivity contribution >= 4 is 0 Å². The minimum Gasteiger partial charge on any atom is -0.394 e. The lowest BCUT2D eigenvalue weighted by Gasteiger charge is -2.39. The summed E-state index contributed by atoms with van der Waals surface area (Å²) < 4.78 is 6.68. The molecule has 1 aliphatic heterocycles. The molecule has 0 bridgehead atoms. The number of benzene rings is 1. The second-order valence-electron chi connectivity index (χ2n) is 5.17. The zero-order valence-corrected chi connectivity index (χ0v) is 11.6. The SMILES string of the molecule is OC[C@H]1OC(n2cc(-c3ccccc3)nn2)[C@H](O)[C@@H](O)[C@@H]1O. The summed E-state index contributed by atoms with van der Waals surface area (Å²) in [7, 11) is 0. The fourth-order valence-electron chi connectivity index (χ4n) is 2.44. The summed E-state index contributed by atoms with van der Waals surface area (Å²) >= 11 is 0. The molecule has 0 amide bonds. The first-order valence-electron chi connectivity index (χ1n) is 6.89. The van der Waals surface area contributed by atoms with Gasteiger partial charge in [0.25, 0.3) is 0 Å². The summed E-state index contributed by atoms with van der Waals surface area (Å²) in [6, 6.07) is 9.33.